The van der Waals surface area contributed by atoms with Crippen molar-refractivity contribution < 1.29 is 9.53 Å². The van der Waals surface area contributed by atoms with Gasteiger partial charge in [-0.1, -0.05) is 25.5 Å². The summed E-state index contributed by atoms with van der Waals surface area (Å²) in [6.45, 7) is 3.53. The van der Waals surface area contributed by atoms with Gasteiger partial charge in [0.1, 0.15) is 5.75 Å². The minimum absolute atomic E-state index is 0.144. The number of carbonyl (C=O) groups excluding carboxylic acids is 1. The Hall–Kier alpha value is -1.51. The minimum Gasteiger partial charge on any atom is -0.493 e. The number of hydrogen-bond acceptors (Lipinski definition) is 2. The third-order valence-corrected chi connectivity index (χ3v) is 3.22. The average molecular weight is 247 g/mol. The summed E-state index contributed by atoms with van der Waals surface area (Å²) < 4.78 is 5.57. The lowest BCUT2D eigenvalue weighted by molar-refractivity contribution is -0.121. The molecule has 0 aliphatic carbocycles. The van der Waals surface area contributed by atoms with Gasteiger partial charge in [-0.2, -0.15) is 0 Å². The van der Waals surface area contributed by atoms with Crippen LogP contribution in [0.4, 0.5) is 0 Å². The number of carbonyl (C=O) groups is 1. The number of fused-ring (bicyclic) bond motifs is 1. The predicted octanol–water partition coefficient (Wildman–Crippen LogP) is 2.82. The van der Waals surface area contributed by atoms with Gasteiger partial charge in [0.15, 0.2) is 0 Å². The molecule has 0 saturated heterocycles. The zero-order valence-electron chi connectivity index (χ0n) is 11.0. The summed E-state index contributed by atoms with van der Waals surface area (Å²) in [5.74, 6) is 1.15. The van der Waals surface area contributed by atoms with Crippen LogP contribution in [-0.4, -0.2) is 12.5 Å². The summed E-state index contributed by atoms with van der Waals surface area (Å²) in [7, 11) is 0. The van der Waals surface area contributed by atoms with Crippen molar-refractivity contribution in [2.45, 2.75) is 45.6 Å². The van der Waals surface area contributed by atoms with E-state index in [9.17, 15) is 4.79 Å². The van der Waals surface area contributed by atoms with Crippen LogP contribution >= 0.6 is 0 Å². The van der Waals surface area contributed by atoms with Crippen LogP contribution in [0.3, 0.4) is 0 Å². The second-order valence-corrected chi connectivity index (χ2v) is 4.77. The Morgan fingerprint density at radius 3 is 3.17 bits per heavy atom. The molecule has 0 spiro atoms. The normalized spacial score (nSPS) is 13.6. The largest absolute Gasteiger partial charge is 0.493 e. The molecule has 3 heteroatoms. The highest BCUT2D eigenvalue weighted by atomic mass is 16.5. The second-order valence-electron chi connectivity index (χ2n) is 4.77. The van der Waals surface area contributed by atoms with Gasteiger partial charge in [-0.15, -0.1) is 0 Å². The molecule has 0 saturated carbocycles. The smallest absolute Gasteiger partial charge is 0.220 e. The van der Waals surface area contributed by atoms with Gasteiger partial charge in [0, 0.05) is 13.0 Å². The lowest BCUT2D eigenvalue weighted by Crippen LogP contribution is -2.22. The lowest BCUT2D eigenvalue weighted by Gasteiger charge is -2.18. The number of ether oxygens (including phenoxy) is 1. The molecule has 98 valence electrons. The summed E-state index contributed by atoms with van der Waals surface area (Å²) in [6.07, 6.45) is 4.81. The van der Waals surface area contributed by atoms with Crippen LogP contribution in [0.5, 0.6) is 5.75 Å². The Balaban J connectivity index is 1.88. The highest BCUT2D eigenvalue weighted by Gasteiger charge is 2.10. The van der Waals surface area contributed by atoms with Crippen molar-refractivity contribution >= 4 is 5.91 Å². The Kier molecular flexibility index (Phi) is 4.62. The average Bonchev–Trinajstić information content (AvgIpc) is 2.42. The van der Waals surface area contributed by atoms with Gasteiger partial charge in [-0.3, -0.25) is 4.79 Å². The summed E-state index contributed by atoms with van der Waals surface area (Å²) >= 11 is 0. The van der Waals surface area contributed by atoms with Crippen molar-refractivity contribution in [1.82, 2.24) is 5.32 Å². The Bertz CT molecular complexity index is 415. The summed E-state index contributed by atoms with van der Waals surface area (Å²) in [5, 5.41) is 2.96. The molecular weight excluding hydrogens is 226 g/mol. The van der Waals surface area contributed by atoms with Crippen LogP contribution in [0.2, 0.25) is 0 Å². The number of hydrogen-bond donors (Lipinski definition) is 1. The van der Waals surface area contributed by atoms with E-state index >= 15 is 0 Å². The first kappa shape index (κ1) is 12.9. The van der Waals surface area contributed by atoms with E-state index in [4.69, 9.17) is 4.74 Å². The summed E-state index contributed by atoms with van der Waals surface area (Å²) in [6, 6.07) is 6.20. The number of amides is 1. The quantitative estimate of drug-likeness (QED) is 0.869. The van der Waals surface area contributed by atoms with Crippen LogP contribution in [0.1, 0.15) is 43.7 Å². The number of nitrogens with one attached hydrogen (secondary N) is 1. The number of benzene rings is 1. The molecule has 0 fully saturated rings. The molecule has 0 unspecified atom stereocenters. The van der Waals surface area contributed by atoms with Gasteiger partial charge in [0.2, 0.25) is 5.91 Å². The first-order chi connectivity index (χ1) is 8.79. The monoisotopic (exact) mass is 247 g/mol. The van der Waals surface area contributed by atoms with Gasteiger partial charge >= 0.3 is 0 Å². The maximum absolute atomic E-state index is 11.5. The molecule has 0 atom stereocenters. The van der Waals surface area contributed by atoms with Crippen LogP contribution in [0, 0.1) is 0 Å². The fourth-order valence-corrected chi connectivity index (χ4v) is 2.15. The molecule has 3 nitrogen and oxygen atoms in total. The predicted molar refractivity (Wildman–Crippen MR) is 71.6 cm³/mol. The summed E-state index contributed by atoms with van der Waals surface area (Å²) in [4.78, 5) is 11.5. The van der Waals surface area contributed by atoms with E-state index in [2.05, 4.69) is 18.3 Å². The molecule has 0 aromatic heterocycles. The molecule has 18 heavy (non-hydrogen) atoms. The molecule has 1 aromatic rings. The molecule has 1 aliphatic rings. The zero-order chi connectivity index (χ0) is 12.8. The lowest BCUT2D eigenvalue weighted by atomic mass is 10.0. The standard InChI is InChI=1S/C15H21NO2/c1-2-3-6-15(17)16-11-12-7-8-14-13(10-12)5-4-9-18-14/h7-8,10H,2-6,9,11H2,1H3,(H,16,17). The van der Waals surface area contributed by atoms with E-state index in [-0.39, 0.29) is 5.91 Å². The topological polar surface area (TPSA) is 38.3 Å². The maximum atomic E-state index is 11.5. The molecule has 2 rings (SSSR count). The van der Waals surface area contributed by atoms with E-state index in [1.165, 1.54) is 5.56 Å². The van der Waals surface area contributed by atoms with Crippen LogP contribution in [0.25, 0.3) is 0 Å². The van der Waals surface area contributed by atoms with Gasteiger partial charge in [-0.05, 0) is 36.5 Å². The van der Waals surface area contributed by atoms with Gasteiger partial charge in [0.05, 0.1) is 6.61 Å². The van der Waals surface area contributed by atoms with Crippen molar-refractivity contribution in [3.05, 3.63) is 29.3 Å². The summed E-state index contributed by atoms with van der Waals surface area (Å²) in [5.41, 5.74) is 2.42. The highest BCUT2D eigenvalue weighted by Crippen LogP contribution is 2.25. The highest BCUT2D eigenvalue weighted by molar-refractivity contribution is 5.75. The van der Waals surface area contributed by atoms with Crippen molar-refractivity contribution in [3.63, 3.8) is 0 Å². The molecule has 0 radical (unpaired) electrons. The first-order valence-corrected chi connectivity index (χ1v) is 6.81. The first-order valence-electron chi connectivity index (χ1n) is 6.81. The fourth-order valence-electron chi connectivity index (χ4n) is 2.15. The van der Waals surface area contributed by atoms with Crippen LogP contribution in [0.15, 0.2) is 18.2 Å². The Morgan fingerprint density at radius 1 is 1.44 bits per heavy atom. The van der Waals surface area contributed by atoms with E-state index in [0.717, 1.165) is 43.6 Å². The molecule has 1 amide bonds. The molecule has 1 N–H and O–H groups in total. The maximum Gasteiger partial charge on any atom is 0.220 e. The minimum atomic E-state index is 0.144. The van der Waals surface area contributed by atoms with E-state index in [0.29, 0.717) is 13.0 Å². The van der Waals surface area contributed by atoms with Crippen molar-refractivity contribution in [1.29, 1.82) is 0 Å². The number of rotatable bonds is 5. The third kappa shape index (κ3) is 3.49. The third-order valence-electron chi connectivity index (χ3n) is 3.22. The van der Waals surface area contributed by atoms with E-state index in [1.54, 1.807) is 0 Å². The van der Waals surface area contributed by atoms with Crippen molar-refractivity contribution in [2.24, 2.45) is 0 Å². The SMILES string of the molecule is CCCCC(=O)NCc1ccc2c(c1)CCCO2. The molecule has 1 heterocycles. The Labute approximate surface area is 109 Å². The van der Waals surface area contributed by atoms with Gasteiger partial charge < -0.3 is 10.1 Å². The molecular formula is C15H21NO2. The van der Waals surface area contributed by atoms with Gasteiger partial charge in [0.25, 0.3) is 0 Å². The molecule has 0 bridgehead atoms. The van der Waals surface area contributed by atoms with Gasteiger partial charge in [-0.25, -0.2) is 0 Å². The second kappa shape index (κ2) is 6.43. The Morgan fingerprint density at radius 2 is 2.33 bits per heavy atom. The number of aryl methyl sites for hydroxylation is 1. The fraction of sp³-hybridized carbons (Fsp3) is 0.533. The van der Waals surface area contributed by atoms with E-state index in [1.807, 2.05) is 12.1 Å². The van der Waals surface area contributed by atoms with E-state index < -0.39 is 0 Å². The molecule has 1 aliphatic heterocycles. The molecule has 1 aromatic carbocycles. The van der Waals surface area contributed by atoms with Crippen molar-refractivity contribution in [2.75, 3.05) is 6.61 Å². The van der Waals surface area contributed by atoms with Crippen LogP contribution in [-0.2, 0) is 17.8 Å². The van der Waals surface area contributed by atoms with Crippen molar-refractivity contribution in [3.8, 4) is 5.75 Å². The van der Waals surface area contributed by atoms with Crippen LogP contribution < -0.4 is 10.1 Å². The zero-order valence-corrected chi connectivity index (χ0v) is 11.0. The number of unbranched alkanes of at least 4 members (excludes halogenated alkanes) is 1.